The zero-order chi connectivity index (χ0) is 15.0. The molecule has 0 amide bonds. The molecule has 7 heteroatoms. The van der Waals surface area contributed by atoms with Gasteiger partial charge in [0.15, 0.2) is 5.75 Å². The van der Waals surface area contributed by atoms with Crippen LogP contribution in [0.2, 0.25) is 0 Å². The van der Waals surface area contributed by atoms with Crippen molar-refractivity contribution in [2.45, 2.75) is 40.2 Å². The number of hydrogen-bond acceptors (Lipinski definition) is 5. The van der Waals surface area contributed by atoms with E-state index in [1.165, 1.54) is 19.9 Å². The van der Waals surface area contributed by atoms with Crippen molar-refractivity contribution in [2.24, 2.45) is 0 Å². The van der Waals surface area contributed by atoms with Crippen LogP contribution >= 0.6 is 0 Å². The Morgan fingerprint density at radius 2 is 1.53 bits per heavy atom. The topological polar surface area (TPSA) is 95.5 Å². The fraction of sp³-hybridized carbons (Fsp3) is 0.500. The molecule has 19 heavy (non-hydrogen) atoms. The molecule has 104 valence electrons. The molecule has 0 saturated heterocycles. The predicted octanol–water partition coefficient (Wildman–Crippen LogP) is 3.30. The first-order valence-electron chi connectivity index (χ1n) is 5.66. The summed E-state index contributed by atoms with van der Waals surface area (Å²) in [5.74, 6) is 0.0538. The lowest BCUT2D eigenvalue weighted by atomic mass is 10.1. The van der Waals surface area contributed by atoms with E-state index in [1.807, 2.05) is 0 Å². The molecule has 0 bridgehead atoms. The van der Waals surface area contributed by atoms with Gasteiger partial charge in [-0.25, -0.2) is 0 Å². The largest absolute Gasteiger partial charge is 0.481 e. The highest BCUT2D eigenvalue weighted by Gasteiger charge is 2.31. The van der Waals surface area contributed by atoms with Crippen molar-refractivity contribution < 1.29 is 14.6 Å². The van der Waals surface area contributed by atoms with Gasteiger partial charge in [0, 0.05) is 5.56 Å². The van der Waals surface area contributed by atoms with E-state index in [4.69, 9.17) is 4.74 Å². The van der Waals surface area contributed by atoms with Gasteiger partial charge in [0.1, 0.15) is 11.2 Å². The van der Waals surface area contributed by atoms with Crippen LogP contribution in [-0.2, 0) is 0 Å². The minimum absolute atomic E-state index is 0.00856. The Labute approximate surface area is 110 Å². The maximum Gasteiger partial charge on any atom is 0.320 e. The summed E-state index contributed by atoms with van der Waals surface area (Å²) < 4.78 is 5.53. The molecule has 1 aromatic carbocycles. The zero-order valence-electron chi connectivity index (χ0n) is 11.5. The Kier molecular flexibility index (Phi) is 3.78. The Morgan fingerprint density at radius 1 is 1.05 bits per heavy atom. The van der Waals surface area contributed by atoms with Crippen LogP contribution in [0.4, 0.5) is 11.4 Å². The number of benzene rings is 1. The molecule has 0 radical (unpaired) electrons. The summed E-state index contributed by atoms with van der Waals surface area (Å²) in [6.45, 7) is 8.15. The number of ether oxygens (including phenoxy) is 1. The predicted molar refractivity (Wildman–Crippen MR) is 69.6 cm³/mol. The van der Waals surface area contributed by atoms with Gasteiger partial charge in [0.05, 0.1) is 9.85 Å². The van der Waals surface area contributed by atoms with Crippen LogP contribution in [0.25, 0.3) is 0 Å². The molecule has 0 unspecified atom stereocenters. The van der Waals surface area contributed by atoms with Crippen LogP contribution in [-0.4, -0.2) is 15.4 Å². The molecule has 0 N–H and O–H groups in total. The first-order valence-corrected chi connectivity index (χ1v) is 5.66. The van der Waals surface area contributed by atoms with Crippen LogP contribution in [0, 0.1) is 34.1 Å². The maximum atomic E-state index is 11.1. The van der Waals surface area contributed by atoms with Gasteiger partial charge in [-0.2, -0.15) is 0 Å². The van der Waals surface area contributed by atoms with E-state index in [2.05, 4.69) is 0 Å². The van der Waals surface area contributed by atoms with E-state index in [-0.39, 0.29) is 22.7 Å². The molecule has 0 aromatic heterocycles. The summed E-state index contributed by atoms with van der Waals surface area (Å²) in [4.78, 5) is 20.8. The van der Waals surface area contributed by atoms with Crippen molar-refractivity contribution in [1.29, 1.82) is 0 Å². The minimum atomic E-state index is -0.650. The van der Waals surface area contributed by atoms with E-state index >= 15 is 0 Å². The molecular formula is C12H16N2O5. The zero-order valence-corrected chi connectivity index (χ0v) is 11.5. The third-order valence-electron chi connectivity index (χ3n) is 2.45. The number of aryl methyl sites for hydroxylation is 1. The summed E-state index contributed by atoms with van der Waals surface area (Å²) in [6, 6.07) is 1.34. The summed E-state index contributed by atoms with van der Waals surface area (Å²) in [5, 5.41) is 22.1. The highest BCUT2D eigenvalue weighted by atomic mass is 16.6. The van der Waals surface area contributed by atoms with Gasteiger partial charge in [-0.3, -0.25) is 20.2 Å². The van der Waals surface area contributed by atoms with E-state index in [0.29, 0.717) is 5.56 Å². The summed E-state index contributed by atoms with van der Waals surface area (Å²) in [5.41, 5.74) is -0.874. The smallest absolute Gasteiger partial charge is 0.320 e. The van der Waals surface area contributed by atoms with Gasteiger partial charge in [-0.1, -0.05) is 0 Å². The van der Waals surface area contributed by atoms with Crippen molar-refractivity contribution in [3.63, 3.8) is 0 Å². The lowest BCUT2D eigenvalue weighted by molar-refractivity contribution is -0.396. The average Bonchev–Trinajstić information content (AvgIpc) is 2.11. The molecule has 0 heterocycles. The minimum Gasteiger partial charge on any atom is -0.481 e. The number of hydrogen-bond donors (Lipinski definition) is 0. The lowest BCUT2D eigenvalue weighted by Gasteiger charge is -2.21. The van der Waals surface area contributed by atoms with Crippen molar-refractivity contribution >= 4 is 11.4 Å². The number of nitro groups is 2. The molecule has 0 saturated carbocycles. The number of nitro benzene ring substituents is 2. The molecule has 7 nitrogen and oxygen atoms in total. The number of rotatable bonds is 3. The van der Waals surface area contributed by atoms with Crippen LogP contribution in [0.3, 0.4) is 0 Å². The normalized spacial score (nSPS) is 11.2. The van der Waals surface area contributed by atoms with Crippen molar-refractivity contribution in [3.8, 4) is 5.75 Å². The standard InChI is InChI=1S/C12H16N2O5/c1-7-6-9(19-12(3,4)5)11(14(17)18)8(2)10(7)13(15)16/h6H,1-5H3. The average molecular weight is 268 g/mol. The quantitative estimate of drug-likeness (QED) is 0.619. The van der Waals surface area contributed by atoms with Gasteiger partial charge in [-0.15, -0.1) is 0 Å². The molecule has 0 spiro atoms. The molecule has 1 rings (SSSR count). The summed E-state index contributed by atoms with van der Waals surface area (Å²) in [6.07, 6.45) is 0. The lowest BCUT2D eigenvalue weighted by Crippen LogP contribution is -2.23. The second kappa shape index (κ2) is 4.83. The second-order valence-corrected chi connectivity index (χ2v) is 5.24. The van der Waals surface area contributed by atoms with Crippen molar-refractivity contribution in [2.75, 3.05) is 0 Å². The van der Waals surface area contributed by atoms with Gasteiger partial charge >= 0.3 is 5.69 Å². The van der Waals surface area contributed by atoms with Crippen LogP contribution < -0.4 is 4.74 Å². The highest BCUT2D eigenvalue weighted by Crippen LogP contribution is 2.40. The van der Waals surface area contributed by atoms with Crippen LogP contribution in [0.1, 0.15) is 31.9 Å². The molecule has 0 aliphatic carbocycles. The van der Waals surface area contributed by atoms with Crippen LogP contribution in [0.15, 0.2) is 6.07 Å². The molecule has 0 atom stereocenters. The molecule has 0 aliphatic rings. The second-order valence-electron chi connectivity index (χ2n) is 5.24. The van der Waals surface area contributed by atoms with Crippen molar-refractivity contribution in [3.05, 3.63) is 37.4 Å². The van der Waals surface area contributed by atoms with E-state index in [1.54, 1.807) is 20.8 Å². The SMILES string of the molecule is Cc1cc(OC(C)(C)C)c([N+](=O)[O-])c(C)c1[N+](=O)[O-]. The van der Waals surface area contributed by atoms with E-state index in [9.17, 15) is 20.2 Å². The highest BCUT2D eigenvalue weighted by molar-refractivity contribution is 5.64. The monoisotopic (exact) mass is 268 g/mol. The Balaban J connectivity index is 3.58. The van der Waals surface area contributed by atoms with E-state index < -0.39 is 15.4 Å². The van der Waals surface area contributed by atoms with E-state index in [0.717, 1.165) is 0 Å². The third kappa shape index (κ3) is 3.18. The first-order chi connectivity index (χ1) is 8.54. The Morgan fingerprint density at radius 3 is 1.89 bits per heavy atom. The van der Waals surface area contributed by atoms with Crippen molar-refractivity contribution in [1.82, 2.24) is 0 Å². The van der Waals surface area contributed by atoms with Crippen LogP contribution in [0.5, 0.6) is 5.75 Å². The molecule has 0 aliphatic heterocycles. The number of nitrogens with zero attached hydrogens (tertiary/aromatic N) is 2. The molecular weight excluding hydrogens is 252 g/mol. The Hall–Kier alpha value is -2.18. The fourth-order valence-electron chi connectivity index (χ4n) is 1.84. The summed E-state index contributed by atoms with van der Waals surface area (Å²) in [7, 11) is 0. The van der Waals surface area contributed by atoms with Gasteiger partial charge in [-0.05, 0) is 40.7 Å². The molecule has 0 fully saturated rings. The maximum absolute atomic E-state index is 11.1. The first kappa shape index (κ1) is 14.9. The third-order valence-corrected chi connectivity index (χ3v) is 2.45. The molecule has 1 aromatic rings. The Bertz CT molecular complexity index is 546. The van der Waals surface area contributed by atoms with Gasteiger partial charge in [0.25, 0.3) is 5.69 Å². The summed E-state index contributed by atoms with van der Waals surface area (Å²) >= 11 is 0. The van der Waals surface area contributed by atoms with Gasteiger partial charge < -0.3 is 4.74 Å². The van der Waals surface area contributed by atoms with Gasteiger partial charge in [0.2, 0.25) is 0 Å². The fourth-order valence-corrected chi connectivity index (χ4v) is 1.84.